The van der Waals surface area contributed by atoms with Crippen molar-refractivity contribution in [1.82, 2.24) is 0 Å². The molecule has 4 aliphatic carbocycles. The Morgan fingerprint density at radius 3 is 2.40 bits per heavy atom. The number of aliphatic hydroxyl groups excluding tert-OH is 1. The Labute approximate surface area is 121 Å². The van der Waals surface area contributed by atoms with Gasteiger partial charge in [-0.15, -0.1) is 0 Å². The van der Waals surface area contributed by atoms with Gasteiger partial charge >= 0.3 is 5.97 Å². The van der Waals surface area contributed by atoms with Crippen LogP contribution in [0.4, 0.5) is 0 Å². The first-order chi connectivity index (χ1) is 9.46. The largest absolute Gasteiger partial charge is 0.459 e. The van der Waals surface area contributed by atoms with Crippen molar-refractivity contribution in [2.75, 3.05) is 0 Å². The molecule has 0 aliphatic heterocycles. The lowest BCUT2D eigenvalue weighted by Crippen LogP contribution is -2.60. The standard InChI is InChI=1S/C17H26O3/c1-4-15(19)20-11(3)17-8-12-5-13(9-17)7-14(6-12)16(17)10(2)18/h4,10-14,16,18H,1,5-9H2,2-3H3. The van der Waals surface area contributed by atoms with Gasteiger partial charge in [-0.3, -0.25) is 0 Å². The van der Waals surface area contributed by atoms with Crippen LogP contribution in [0.3, 0.4) is 0 Å². The molecule has 1 N–H and O–H groups in total. The van der Waals surface area contributed by atoms with Crippen molar-refractivity contribution in [2.45, 2.75) is 58.2 Å². The maximum Gasteiger partial charge on any atom is 0.330 e. The van der Waals surface area contributed by atoms with Crippen LogP contribution in [-0.4, -0.2) is 23.3 Å². The lowest BCUT2D eigenvalue weighted by Gasteiger charge is -2.63. The van der Waals surface area contributed by atoms with Crippen molar-refractivity contribution in [1.29, 1.82) is 0 Å². The maximum absolute atomic E-state index is 11.6. The number of carbonyl (C=O) groups is 1. The fourth-order valence-electron chi connectivity index (χ4n) is 5.96. The second-order valence-corrected chi connectivity index (χ2v) is 7.39. The molecule has 3 heteroatoms. The minimum atomic E-state index is -0.336. The van der Waals surface area contributed by atoms with Crippen LogP contribution in [0.15, 0.2) is 12.7 Å². The first kappa shape index (κ1) is 14.1. The molecular formula is C17H26O3. The lowest BCUT2D eigenvalue weighted by atomic mass is 9.43. The van der Waals surface area contributed by atoms with E-state index in [1.807, 2.05) is 13.8 Å². The Bertz CT molecular complexity index is 400. The summed E-state index contributed by atoms with van der Waals surface area (Å²) in [4.78, 5) is 11.6. The third-order valence-electron chi connectivity index (χ3n) is 6.24. The summed E-state index contributed by atoms with van der Waals surface area (Å²) >= 11 is 0. The van der Waals surface area contributed by atoms with Crippen molar-refractivity contribution in [3.8, 4) is 0 Å². The molecule has 0 aromatic heterocycles. The molecule has 4 aliphatic rings. The van der Waals surface area contributed by atoms with Gasteiger partial charge < -0.3 is 9.84 Å². The van der Waals surface area contributed by atoms with E-state index in [-0.39, 0.29) is 29.5 Å². The van der Waals surface area contributed by atoms with Crippen LogP contribution in [0, 0.1) is 29.1 Å². The van der Waals surface area contributed by atoms with Gasteiger partial charge in [0, 0.05) is 11.5 Å². The number of hydrogen-bond donors (Lipinski definition) is 1. The van der Waals surface area contributed by atoms with Gasteiger partial charge in [-0.05, 0) is 69.6 Å². The Kier molecular flexibility index (Phi) is 3.44. The highest BCUT2D eigenvalue weighted by Gasteiger charge is 2.61. The highest BCUT2D eigenvalue weighted by Crippen LogP contribution is 2.65. The molecule has 0 aromatic carbocycles. The second kappa shape index (κ2) is 4.87. The first-order valence-electron chi connectivity index (χ1n) is 7.97. The number of esters is 1. The Morgan fingerprint density at radius 1 is 1.30 bits per heavy atom. The zero-order valence-corrected chi connectivity index (χ0v) is 12.5. The number of hydrogen-bond acceptors (Lipinski definition) is 3. The van der Waals surface area contributed by atoms with Crippen molar-refractivity contribution in [3.05, 3.63) is 12.7 Å². The van der Waals surface area contributed by atoms with Gasteiger partial charge in [0.15, 0.2) is 0 Å². The minimum Gasteiger partial charge on any atom is -0.459 e. The van der Waals surface area contributed by atoms with Crippen LogP contribution >= 0.6 is 0 Å². The predicted molar refractivity (Wildman–Crippen MR) is 76.9 cm³/mol. The highest BCUT2D eigenvalue weighted by molar-refractivity contribution is 5.81. The van der Waals surface area contributed by atoms with Crippen LogP contribution in [-0.2, 0) is 9.53 Å². The van der Waals surface area contributed by atoms with E-state index in [0.29, 0.717) is 5.92 Å². The zero-order chi connectivity index (χ0) is 14.5. The van der Waals surface area contributed by atoms with Crippen molar-refractivity contribution in [3.63, 3.8) is 0 Å². The Hall–Kier alpha value is -0.830. The number of aliphatic hydroxyl groups is 1. The number of carbonyl (C=O) groups excluding carboxylic acids is 1. The molecule has 112 valence electrons. The molecule has 4 fully saturated rings. The molecule has 0 aromatic rings. The van der Waals surface area contributed by atoms with Crippen LogP contribution in [0.1, 0.15) is 46.0 Å². The average Bonchev–Trinajstić information content (AvgIpc) is 2.36. The number of ether oxygens (including phenoxy) is 1. The van der Waals surface area contributed by atoms with E-state index in [4.69, 9.17) is 4.74 Å². The normalized spacial score (nSPS) is 45.0. The summed E-state index contributed by atoms with van der Waals surface area (Å²) in [5.74, 6) is 2.10. The van der Waals surface area contributed by atoms with E-state index in [9.17, 15) is 9.90 Å². The van der Waals surface area contributed by atoms with Gasteiger partial charge in [0.25, 0.3) is 0 Å². The molecule has 4 bridgehead atoms. The highest BCUT2D eigenvalue weighted by atomic mass is 16.5. The van der Waals surface area contributed by atoms with Gasteiger partial charge in [0.05, 0.1) is 6.10 Å². The van der Waals surface area contributed by atoms with Crippen molar-refractivity contribution >= 4 is 5.97 Å². The number of rotatable bonds is 4. The lowest BCUT2D eigenvalue weighted by molar-refractivity contribution is -0.202. The third kappa shape index (κ3) is 2.02. The maximum atomic E-state index is 11.6. The second-order valence-electron chi connectivity index (χ2n) is 7.39. The average molecular weight is 278 g/mol. The molecular weight excluding hydrogens is 252 g/mol. The van der Waals surface area contributed by atoms with E-state index in [0.717, 1.165) is 24.7 Å². The van der Waals surface area contributed by atoms with E-state index < -0.39 is 0 Å². The van der Waals surface area contributed by atoms with Crippen LogP contribution in [0.5, 0.6) is 0 Å². The molecule has 0 amide bonds. The van der Waals surface area contributed by atoms with Crippen LogP contribution < -0.4 is 0 Å². The summed E-state index contributed by atoms with van der Waals surface area (Å²) < 4.78 is 5.60. The van der Waals surface area contributed by atoms with E-state index in [1.54, 1.807) is 0 Å². The third-order valence-corrected chi connectivity index (χ3v) is 6.24. The van der Waals surface area contributed by atoms with Gasteiger partial charge in [0.1, 0.15) is 6.10 Å². The molecule has 5 atom stereocenters. The molecule has 4 saturated carbocycles. The summed E-state index contributed by atoms with van der Waals surface area (Å²) in [5.41, 5.74) is -0.0123. The van der Waals surface area contributed by atoms with Gasteiger partial charge in [-0.1, -0.05) is 6.58 Å². The summed E-state index contributed by atoms with van der Waals surface area (Å²) in [6, 6.07) is 0. The summed E-state index contributed by atoms with van der Waals surface area (Å²) in [6.45, 7) is 7.42. The Balaban J connectivity index is 1.90. The summed E-state index contributed by atoms with van der Waals surface area (Å²) in [7, 11) is 0. The summed E-state index contributed by atoms with van der Waals surface area (Å²) in [5, 5.41) is 10.3. The molecule has 0 saturated heterocycles. The van der Waals surface area contributed by atoms with Gasteiger partial charge in [0.2, 0.25) is 0 Å². The topological polar surface area (TPSA) is 46.5 Å². The fraction of sp³-hybridized carbons (Fsp3) is 0.824. The molecule has 0 heterocycles. The fourth-order valence-corrected chi connectivity index (χ4v) is 5.96. The monoisotopic (exact) mass is 278 g/mol. The molecule has 20 heavy (non-hydrogen) atoms. The van der Waals surface area contributed by atoms with E-state index >= 15 is 0 Å². The molecule has 5 unspecified atom stereocenters. The quantitative estimate of drug-likeness (QED) is 0.635. The van der Waals surface area contributed by atoms with Crippen LogP contribution in [0.25, 0.3) is 0 Å². The minimum absolute atomic E-state index is 0.0123. The molecule has 0 radical (unpaired) electrons. The van der Waals surface area contributed by atoms with Crippen molar-refractivity contribution < 1.29 is 14.6 Å². The van der Waals surface area contributed by atoms with E-state index in [2.05, 4.69) is 6.58 Å². The SMILES string of the molecule is C=CC(=O)OC(C)C12CC3CC(CC(C3)C1C(C)O)C2. The van der Waals surface area contributed by atoms with Crippen LogP contribution in [0.2, 0.25) is 0 Å². The molecule has 4 rings (SSSR count). The Morgan fingerprint density at radius 2 is 1.90 bits per heavy atom. The first-order valence-corrected chi connectivity index (χ1v) is 7.97. The van der Waals surface area contributed by atoms with E-state index in [1.165, 1.54) is 25.3 Å². The van der Waals surface area contributed by atoms with Gasteiger partial charge in [-0.2, -0.15) is 0 Å². The molecule has 3 nitrogen and oxygen atoms in total. The smallest absolute Gasteiger partial charge is 0.330 e. The predicted octanol–water partition coefficient (Wildman–Crippen LogP) is 2.93. The van der Waals surface area contributed by atoms with Crippen molar-refractivity contribution in [2.24, 2.45) is 29.1 Å². The molecule has 0 spiro atoms. The summed E-state index contributed by atoms with van der Waals surface area (Å²) in [6.07, 6.45) is 6.89. The zero-order valence-electron chi connectivity index (χ0n) is 12.5. The van der Waals surface area contributed by atoms with Gasteiger partial charge in [-0.25, -0.2) is 4.79 Å².